The predicted molar refractivity (Wildman–Crippen MR) is 144 cm³/mol. The Balaban J connectivity index is 1.36. The molecule has 0 saturated heterocycles. The Bertz CT molecular complexity index is 1470. The van der Waals surface area contributed by atoms with Gasteiger partial charge in [-0.3, -0.25) is 4.68 Å². The number of fused-ring (bicyclic) bond motifs is 1. The lowest BCUT2D eigenvalue weighted by Crippen LogP contribution is -2.27. The van der Waals surface area contributed by atoms with Crippen LogP contribution in [0.1, 0.15) is 44.2 Å². The van der Waals surface area contributed by atoms with Crippen molar-refractivity contribution in [3.05, 3.63) is 48.3 Å². The van der Waals surface area contributed by atoms with E-state index in [1.807, 2.05) is 17.7 Å². The highest BCUT2D eigenvalue weighted by atomic mass is 19.4. The zero-order valence-electron chi connectivity index (χ0n) is 22.6. The number of rotatable bonds is 10. The van der Waals surface area contributed by atoms with Gasteiger partial charge in [-0.25, -0.2) is 24.3 Å². The van der Waals surface area contributed by atoms with Gasteiger partial charge in [0.1, 0.15) is 17.6 Å². The third-order valence-electron chi connectivity index (χ3n) is 6.89. The average Bonchev–Trinajstić information content (AvgIpc) is 3.33. The van der Waals surface area contributed by atoms with E-state index in [9.17, 15) is 17.6 Å². The summed E-state index contributed by atoms with van der Waals surface area (Å²) in [5.74, 6) is -0.927. The van der Waals surface area contributed by atoms with Gasteiger partial charge in [0.05, 0.1) is 23.7 Å². The summed E-state index contributed by atoms with van der Waals surface area (Å²) in [6, 6.07) is 2.53. The van der Waals surface area contributed by atoms with Crippen LogP contribution in [0.4, 0.5) is 29.3 Å². The molecule has 1 saturated carbocycles. The first kappa shape index (κ1) is 28.5. The van der Waals surface area contributed by atoms with Crippen molar-refractivity contribution < 1.29 is 27.0 Å². The smallest absolute Gasteiger partial charge is 0.419 e. The molecule has 0 spiro atoms. The molecule has 1 aliphatic carbocycles. The van der Waals surface area contributed by atoms with Gasteiger partial charge in [0, 0.05) is 62.0 Å². The molecule has 1 aliphatic rings. The number of anilines is 2. The Morgan fingerprint density at radius 1 is 1.02 bits per heavy atom. The van der Waals surface area contributed by atoms with Gasteiger partial charge in [-0.1, -0.05) is 0 Å². The molecule has 0 bridgehead atoms. The molecule has 4 heterocycles. The number of halogens is 4. The van der Waals surface area contributed by atoms with Crippen LogP contribution in [0.15, 0.2) is 36.9 Å². The van der Waals surface area contributed by atoms with Gasteiger partial charge < -0.3 is 20.1 Å². The molecule has 4 aromatic heterocycles. The first-order valence-electron chi connectivity index (χ1n) is 13.3. The van der Waals surface area contributed by atoms with E-state index in [-0.39, 0.29) is 6.04 Å². The number of nitrogens with zero attached hydrogens (tertiary/aromatic N) is 6. The van der Waals surface area contributed by atoms with Crippen LogP contribution in [-0.2, 0) is 10.9 Å². The normalized spacial score (nSPS) is 17.5. The van der Waals surface area contributed by atoms with E-state index in [0.29, 0.717) is 68.9 Å². The molecular weight excluding hydrogens is 544 g/mol. The minimum atomic E-state index is -4.83. The molecular formula is C27H30F4N8O2. The summed E-state index contributed by atoms with van der Waals surface area (Å²) >= 11 is 0. The summed E-state index contributed by atoms with van der Waals surface area (Å²) < 4.78 is 66.3. The fourth-order valence-corrected chi connectivity index (χ4v) is 4.90. The van der Waals surface area contributed by atoms with Crippen molar-refractivity contribution in [2.75, 3.05) is 37.4 Å². The highest BCUT2D eigenvalue weighted by molar-refractivity contribution is 5.93. The number of nitrogens with one attached hydrogen (secondary N) is 2. The predicted octanol–water partition coefficient (Wildman–Crippen LogP) is 5.49. The number of hydrogen-bond acceptors (Lipinski definition) is 9. The van der Waals surface area contributed by atoms with E-state index in [0.717, 1.165) is 22.7 Å². The Kier molecular flexibility index (Phi) is 8.47. The van der Waals surface area contributed by atoms with Crippen LogP contribution in [-0.4, -0.2) is 62.6 Å². The van der Waals surface area contributed by atoms with Crippen LogP contribution in [0, 0.1) is 5.82 Å². The summed E-state index contributed by atoms with van der Waals surface area (Å²) in [5, 5.41) is 12.1. The first-order valence-corrected chi connectivity index (χ1v) is 13.3. The molecule has 2 N–H and O–H groups in total. The maximum absolute atomic E-state index is 14.5. The number of hydrogen-bond donors (Lipinski definition) is 2. The van der Waals surface area contributed by atoms with Gasteiger partial charge in [0.2, 0.25) is 5.95 Å². The molecule has 218 valence electrons. The molecule has 10 nitrogen and oxygen atoms in total. The topological polar surface area (TPSA) is 112 Å². The van der Waals surface area contributed by atoms with E-state index in [1.54, 1.807) is 25.7 Å². The highest BCUT2D eigenvalue weighted by Gasteiger charge is 2.36. The molecule has 0 atom stereocenters. The molecule has 1 fully saturated rings. The van der Waals surface area contributed by atoms with Gasteiger partial charge in [0.25, 0.3) is 5.88 Å². The maximum Gasteiger partial charge on any atom is 0.419 e. The molecule has 0 unspecified atom stereocenters. The molecule has 41 heavy (non-hydrogen) atoms. The Morgan fingerprint density at radius 3 is 2.46 bits per heavy atom. The van der Waals surface area contributed by atoms with Crippen LogP contribution in [0.2, 0.25) is 0 Å². The van der Waals surface area contributed by atoms with Crippen molar-refractivity contribution in [2.45, 2.75) is 50.9 Å². The fourth-order valence-electron chi connectivity index (χ4n) is 4.90. The van der Waals surface area contributed by atoms with E-state index >= 15 is 0 Å². The average molecular weight is 575 g/mol. The van der Waals surface area contributed by atoms with Gasteiger partial charge >= 0.3 is 6.18 Å². The van der Waals surface area contributed by atoms with Crippen LogP contribution in [0.3, 0.4) is 0 Å². The molecule has 5 rings (SSSR count). The van der Waals surface area contributed by atoms with E-state index in [2.05, 4.69) is 30.6 Å². The SMILES string of the molecule is CCNc1cc2c(cn1)c(-c1cnc(NCCOC)nc1)nn2[C@H]1CC[C@@H](Oc2nccc(C(F)(F)F)c2F)CC1. The number of pyridine rings is 2. The van der Waals surface area contributed by atoms with Crippen LogP contribution in [0.25, 0.3) is 22.2 Å². The summed E-state index contributed by atoms with van der Waals surface area (Å²) in [4.78, 5) is 17.0. The third kappa shape index (κ3) is 6.32. The van der Waals surface area contributed by atoms with E-state index in [4.69, 9.17) is 14.6 Å². The second-order valence-electron chi connectivity index (χ2n) is 9.65. The Hall–Kier alpha value is -4.07. The van der Waals surface area contributed by atoms with Crippen LogP contribution >= 0.6 is 0 Å². The summed E-state index contributed by atoms with van der Waals surface area (Å²) in [7, 11) is 1.62. The quantitative estimate of drug-likeness (QED) is 0.187. The minimum absolute atomic E-state index is 0.0156. The van der Waals surface area contributed by atoms with Crippen molar-refractivity contribution in [3.63, 3.8) is 0 Å². The van der Waals surface area contributed by atoms with Crippen molar-refractivity contribution in [1.82, 2.24) is 29.7 Å². The van der Waals surface area contributed by atoms with Crippen molar-refractivity contribution >= 4 is 22.7 Å². The largest absolute Gasteiger partial charge is 0.472 e. The lowest BCUT2D eigenvalue weighted by atomic mass is 9.93. The summed E-state index contributed by atoms with van der Waals surface area (Å²) in [6.45, 7) is 3.79. The second kappa shape index (κ2) is 12.2. The number of alkyl halides is 3. The Morgan fingerprint density at radius 2 is 1.78 bits per heavy atom. The zero-order chi connectivity index (χ0) is 29.0. The first-order chi connectivity index (χ1) is 19.8. The molecule has 0 aliphatic heterocycles. The molecule has 0 aromatic carbocycles. The fraction of sp³-hybridized carbons (Fsp3) is 0.444. The number of aromatic nitrogens is 6. The molecule has 14 heteroatoms. The lowest BCUT2D eigenvalue weighted by Gasteiger charge is -2.29. The summed E-state index contributed by atoms with van der Waals surface area (Å²) in [5.41, 5.74) is 0.905. The van der Waals surface area contributed by atoms with E-state index in [1.165, 1.54) is 0 Å². The third-order valence-corrected chi connectivity index (χ3v) is 6.89. The zero-order valence-corrected chi connectivity index (χ0v) is 22.6. The lowest BCUT2D eigenvalue weighted by molar-refractivity contribution is -0.140. The van der Waals surface area contributed by atoms with Gasteiger partial charge in [0.15, 0.2) is 5.82 Å². The van der Waals surface area contributed by atoms with Crippen LogP contribution < -0.4 is 15.4 Å². The van der Waals surface area contributed by atoms with Crippen molar-refractivity contribution in [2.24, 2.45) is 0 Å². The van der Waals surface area contributed by atoms with Gasteiger partial charge in [-0.05, 0) is 38.7 Å². The van der Waals surface area contributed by atoms with Gasteiger partial charge in [-0.15, -0.1) is 0 Å². The maximum atomic E-state index is 14.5. The van der Waals surface area contributed by atoms with E-state index < -0.39 is 29.5 Å². The Labute approximate surface area is 233 Å². The molecule has 0 amide bonds. The van der Waals surface area contributed by atoms with Crippen LogP contribution in [0.5, 0.6) is 5.88 Å². The number of ether oxygens (including phenoxy) is 2. The van der Waals surface area contributed by atoms with Crippen molar-refractivity contribution in [1.29, 1.82) is 0 Å². The molecule has 0 radical (unpaired) electrons. The van der Waals surface area contributed by atoms with Gasteiger partial charge in [-0.2, -0.15) is 18.3 Å². The van der Waals surface area contributed by atoms with Crippen molar-refractivity contribution in [3.8, 4) is 17.1 Å². The standard InChI is InChI=1S/C27H30F4N8O2/c1-3-32-22-12-21-19(15-35-22)24(16-13-36-26(37-14-16)34-10-11-40-2)38-39(21)17-4-6-18(7-5-17)41-25-23(28)20(8-9-33-25)27(29,30)31/h8-9,12-15,17-18H,3-7,10-11H2,1-2H3,(H,32,35)(H,34,36,37)/t17-,18+. The monoisotopic (exact) mass is 574 g/mol. The highest BCUT2D eigenvalue weighted by Crippen LogP contribution is 2.38. The number of methoxy groups -OCH3 is 1. The summed E-state index contributed by atoms with van der Waals surface area (Å²) in [6.07, 6.45) is 3.03. The minimum Gasteiger partial charge on any atom is -0.472 e. The second-order valence-corrected chi connectivity index (χ2v) is 9.65. The molecule has 4 aromatic rings.